The van der Waals surface area contributed by atoms with Crippen molar-refractivity contribution >= 4 is 11.9 Å². The minimum Gasteiger partial charge on any atom is -0.207 e. The van der Waals surface area contributed by atoms with Crippen LogP contribution in [0.25, 0.3) is 0 Å². The van der Waals surface area contributed by atoms with E-state index in [2.05, 4.69) is 48.3 Å². The maximum Gasteiger partial charge on any atom is 0.123 e. The summed E-state index contributed by atoms with van der Waals surface area (Å²) in [6, 6.07) is 16.7. The normalized spacial score (nSPS) is 21.8. The smallest absolute Gasteiger partial charge is 0.123 e. The Labute approximate surface area is 168 Å². The third-order valence-electron chi connectivity index (χ3n) is 6.02. The van der Waals surface area contributed by atoms with Crippen molar-refractivity contribution in [3.8, 4) is 0 Å². The fourth-order valence-corrected chi connectivity index (χ4v) is 4.34. The van der Waals surface area contributed by atoms with Gasteiger partial charge < -0.3 is 0 Å². The number of nitrogens with zero attached hydrogens (tertiary/aromatic N) is 2. The number of benzene rings is 2. The Balaban J connectivity index is 1.74. The van der Waals surface area contributed by atoms with E-state index in [9.17, 15) is 4.39 Å². The third kappa shape index (κ3) is 5.60. The van der Waals surface area contributed by atoms with Crippen LogP contribution in [0.5, 0.6) is 0 Å². The van der Waals surface area contributed by atoms with Crippen LogP contribution in [-0.4, -0.2) is 11.9 Å². The van der Waals surface area contributed by atoms with Crippen LogP contribution in [0.15, 0.2) is 64.8 Å². The zero-order valence-electron chi connectivity index (χ0n) is 17.0. The van der Waals surface area contributed by atoms with Crippen molar-refractivity contribution in [2.45, 2.75) is 52.4 Å². The first-order chi connectivity index (χ1) is 13.7. The maximum atomic E-state index is 13.1. The molecule has 1 unspecified atom stereocenters. The Morgan fingerprint density at radius 1 is 1.04 bits per heavy atom. The van der Waals surface area contributed by atoms with E-state index in [4.69, 9.17) is 0 Å². The number of halogens is 1. The molecule has 0 bridgehead atoms. The summed E-state index contributed by atoms with van der Waals surface area (Å²) in [6.07, 6.45) is 9.22. The van der Waals surface area contributed by atoms with Crippen LogP contribution in [0, 0.1) is 23.6 Å². The van der Waals surface area contributed by atoms with Gasteiger partial charge in [-0.25, -0.2) is 4.39 Å². The highest BCUT2D eigenvalue weighted by atomic mass is 19.1. The van der Waals surface area contributed by atoms with Crippen molar-refractivity contribution in [3.63, 3.8) is 0 Å². The molecule has 1 aliphatic rings. The van der Waals surface area contributed by atoms with Gasteiger partial charge in [-0.05, 0) is 60.8 Å². The summed E-state index contributed by atoms with van der Waals surface area (Å²) in [4.78, 5) is 0. The molecule has 0 N–H and O–H groups in total. The van der Waals surface area contributed by atoms with Crippen molar-refractivity contribution in [2.75, 3.05) is 0 Å². The molecule has 0 heterocycles. The zero-order valence-corrected chi connectivity index (χ0v) is 17.0. The molecule has 0 spiro atoms. The summed E-state index contributed by atoms with van der Waals surface area (Å²) in [5, 5.41) is 8.98. The van der Waals surface area contributed by atoms with Crippen LogP contribution in [0.4, 0.5) is 4.39 Å². The van der Waals surface area contributed by atoms with Gasteiger partial charge in [0, 0.05) is 5.92 Å². The Hall–Kier alpha value is -2.29. The monoisotopic (exact) mass is 378 g/mol. The molecule has 148 valence electrons. The molecule has 0 aliphatic heterocycles. The van der Waals surface area contributed by atoms with E-state index in [1.54, 1.807) is 18.3 Å². The average molecular weight is 379 g/mol. The first kappa shape index (κ1) is 20.4. The SMILES string of the molecule is CCCC(C)C1CCC(C(=NN=Cc2ccc(F)cc2)c2ccccc2)CC1. The highest BCUT2D eigenvalue weighted by molar-refractivity contribution is 6.02. The predicted molar refractivity (Wildman–Crippen MR) is 116 cm³/mol. The Morgan fingerprint density at radius 2 is 1.71 bits per heavy atom. The van der Waals surface area contributed by atoms with E-state index in [0.29, 0.717) is 5.92 Å². The average Bonchev–Trinajstić information content (AvgIpc) is 2.73. The van der Waals surface area contributed by atoms with Crippen LogP contribution in [-0.2, 0) is 0 Å². The fourth-order valence-electron chi connectivity index (χ4n) is 4.34. The molecule has 0 saturated heterocycles. The lowest BCUT2D eigenvalue weighted by Gasteiger charge is -2.32. The van der Waals surface area contributed by atoms with Gasteiger partial charge in [-0.15, -0.1) is 0 Å². The molecule has 0 amide bonds. The van der Waals surface area contributed by atoms with Crippen molar-refractivity contribution in [1.82, 2.24) is 0 Å². The molecule has 28 heavy (non-hydrogen) atoms. The molecule has 0 radical (unpaired) electrons. The summed E-state index contributed by atoms with van der Waals surface area (Å²) in [6.45, 7) is 4.69. The second-order valence-corrected chi connectivity index (χ2v) is 8.03. The van der Waals surface area contributed by atoms with Gasteiger partial charge in [0.2, 0.25) is 0 Å². The second kappa shape index (κ2) is 10.3. The third-order valence-corrected chi connectivity index (χ3v) is 6.02. The highest BCUT2D eigenvalue weighted by Crippen LogP contribution is 2.36. The van der Waals surface area contributed by atoms with E-state index in [1.807, 2.05) is 6.07 Å². The molecule has 0 aromatic heterocycles. The van der Waals surface area contributed by atoms with E-state index in [-0.39, 0.29) is 5.82 Å². The Morgan fingerprint density at radius 3 is 2.36 bits per heavy atom. The molecule has 2 aromatic rings. The number of hydrogen-bond acceptors (Lipinski definition) is 2. The van der Waals surface area contributed by atoms with Crippen molar-refractivity contribution in [1.29, 1.82) is 0 Å². The number of hydrogen-bond donors (Lipinski definition) is 0. The van der Waals surface area contributed by atoms with Gasteiger partial charge in [0.15, 0.2) is 0 Å². The Kier molecular flexibility index (Phi) is 7.53. The van der Waals surface area contributed by atoms with E-state index in [0.717, 1.165) is 28.7 Å². The quantitative estimate of drug-likeness (QED) is 0.370. The van der Waals surface area contributed by atoms with Gasteiger partial charge in [-0.1, -0.05) is 69.2 Å². The minimum absolute atomic E-state index is 0.236. The predicted octanol–water partition coefficient (Wildman–Crippen LogP) is 6.89. The van der Waals surface area contributed by atoms with Gasteiger partial charge in [0.05, 0.1) is 11.9 Å². The Bertz CT molecular complexity index is 772. The van der Waals surface area contributed by atoms with E-state index < -0.39 is 0 Å². The second-order valence-electron chi connectivity index (χ2n) is 8.03. The lowest BCUT2D eigenvalue weighted by atomic mass is 9.73. The fraction of sp³-hybridized carbons (Fsp3) is 0.440. The van der Waals surface area contributed by atoms with Crippen molar-refractivity contribution in [3.05, 3.63) is 71.5 Å². The molecule has 2 aromatic carbocycles. The molecule has 3 rings (SSSR count). The molecule has 1 atom stereocenters. The van der Waals surface area contributed by atoms with Crippen LogP contribution in [0.3, 0.4) is 0 Å². The molecule has 1 aliphatic carbocycles. The molecule has 3 heteroatoms. The molecular formula is C25H31FN2. The van der Waals surface area contributed by atoms with Crippen LogP contribution in [0.1, 0.15) is 63.5 Å². The van der Waals surface area contributed by atoms with Gasteiger partial charge in [0.25, 0.3) is 0 Å². The zero-order chi connectivity index (χ0) is 19.8. The molecule has 1 fully saturated rings. The first-order valence-electron chi connectivity index (χ1n) is 10.6. The first-order valence-corrected chi connectivity index (χ1v) is 10.6. The lowest BCUT2D eigenvalue weighted by molar-refractivity contribution is 0.232. The van der Waals surface area contributed by atoms with Crippen LogP contribution >= 0.6 is 0 Å². The van der Waals surface area contributed by atoms with Gasteiger partial charge >= 0.3 is 0 Å². The summed E-state index contributed by atoms with van der Waals surface area (Å²) in [5.74, 6) is 1.88. The molecular weight excluding hydrogens is 347 g/mol. The largest absolute Gasteiger partial charge is 0.207 e. The van der Waals surface area contributed by atoms with Gasteiger partial charge in [-0.3, -0.25) is 0 Å². The maximum absolute atomic E-state index is 13.1. The van der Waals surface area contributed by atoms with Crippen molar-refractivity contribution in [2.24, 2.45) is 28.0 Å². The highest BCUT2D eigenvalue weighted by Gasteiger charge is 2.28. The summed E-state index contributed by atoms with van der Waals surface area (Å²) >= 11 is 0. The van der Waals surface area contributed by atoms with Crippen LogP contribution in [0.2, 0.25) is 0 Å². The van der Waals surface area contributed by atoms with Crippen LogP contribution < -0.4 is 0 Å². The summed E-state index contributed by atoms with van der Waals surface area (Å²) < 4.78 is 13.1. The molecule has 2 nitrogen and oxygen atoms in total. The topological polar surface area (TPSA) is 24.7 Å². The number of rotatable bonds is 7. The molecule has 1 saturated carbocycles. The summed E-state index contributed by atoms with van der Waals surface area (Å²) in [7, 11) is 0. The van der Waals surface area contributed by atoms with E-state index in [1.165, 1.54) is 50.7 Å². The minimum atomic E-state index is -0.236. The van der Waals surface area contributed by atoms with E-state index >= 15 is 0 Å². The standard InChI is InChI=1S/C25H31FN2/c1-3-7-19(2)21-12-14-23(15-13-21)25(22-8-5-4-6-9-22)28-27-18-20-10-16-24(26)17-11-20/h4-6,8-11,16-19,21,23H,3,7,12-15H2,1-2H3. The lowest BCUT2D eigenvalue weighted by Crippen LogP contribution is -2.25. The van der Waals surface area contributed by atoms with Gasteiger partial charge in [0.1, 0.15) is 5.82 Å². The van der Waals surface area contributed by atoms with Crippen molar-refractivity contribution < 1.29 is 4.39 Å². The summed E-state index contributed by atoms with van der Waals surface area (Å²) in [5.41, 5.74) is 3.10. The van der Waals surface area contributed by atoms with Gasteiger partial charge in [-0.2, -0.15) is 10.2 Å².